The summed E-state index contributed by atoms with van der Waals surface area (Å²) in [5, 5.41) is 12.5. The van der Waals surface area contributed by atoms with Gasteiger partial charge in [-0.15, -0.1) is 0 Å². The third-order valence-electron chi connectivity index (χ3n) is 2.09. The van der Waals surface area contributed by atoms with Crippen LogP contribution in [0.3, 0.4) is 0 Å². The van der Waals surface area contributed by atoms with E-state index >= 15 is 0 Å². The molecule has 0 aliphatic rings. The molecule has 0 bridgehead atoms. The summed E-state index contributed by atoms with van der Waals surface area (Å²) >= 11 is 0. The maximum Gasteiger partial charge on any atom is 0.240 e. The first-order chi connectivity index (χ1) is 7.17. The number of hydrogen-bond donors (Lipinski definition) is 1. The summed E-state index contributed by atoms with van der Waals surface area (Å²) in [4.78, 5) is 6.07. The topological polar surface area (TPSA) is 71.6 Å². The Morgan fingerprint density at radius 2 is 2.33 bits per heavy atom. The van der Waals surface area contributed by atoms with Crippen molar-refractivity contribution in [3.63, 3.8) is 0 Å². The fourth-order valence-electron chi connectivity index (χ4n) is 1.08. The highest BCUT2D eigenvalue weighted by Crippen LogP contribution is 2.11. The third-order valence-corrected chi connectivity index (χ3v) is 2.09. The molecule has 1 heterocycles. The van der Waals surface area contributed by atoms with Crippen molar-refractivity contribution < 1.29 is 14.4 Å². The minimum Gasteiger partial charge on any atom is -0.395 e. The lowest BCUT2D eigenvalue weighted by Crippen LogP contribution is -2.21. The third kappa shape index (κ3) is 3.58. The van der Waals surface area contributed by atoms with E-state index in [9.17, 15) is 0 Å². The summed E-state index contributed by atoms with van der Waals surface area (Å²) in [7, 11) is 3.47. The molecular weight excluding hydrogens is 198 g/mol. The Morgan fingerprint density at radius 1 is 1.60 bits per heavy atom. The number of ether oxygens (including phenoxy) is 1. The van der Waals surface area contributed by atoms with Crippen LogP contribution in [0.2, 0.25) is 0 Å². The second-order valence-electron chi connectivity index (χ2n) is 3.39. The van der Waals surface area contributed by atoms with E-state index in [4.69, 9.17) is 14.4 Å². The normalized spacial score (nSPS) is 13.4. The monoisotopic (exact) mass is 215 g/mol. The van der Waals surface area contributed by atoms with Crippen LogP contribution in [0.15, 0.2) is 4.52 Å². The van der Waals surface area contributed by atoms with Gasteiger partial charge in [-0.05, 0) is 14.0 Å². The van der Waals surface area contributed by atoms with E-state index in [2.05, 4.69) is 10.1 Å². The van der Waals surface area contributed by atoms with Crippen LogP contribution in [0, 0.1) is 0 Å². The standard InChI is InChI=1S/C9H17N3O3/c1-7(14-3)9-10-8(15-11-9)6-12(2)4-5-13/h7,13H,4-6H2,1-3H3. The smallest absolute Gasteiger partial charge is 0.240 e. The zero-order chi connectivity index (χ0) is 11.3. The van der Waals surface area contributed by atoms with E-state index < -0.39 is 0 Å². The SMILES string of the molecule is COC(C)c1noc(CN(C)CCO)n1. The van der Waals surface area contributed by atoms with Crippen LogP contribution in [-0.2, 0) is 11.3 Å². The molecule has 1 aromatic rings. The highest BCUT2D eigenvalue weighted by Gasteiger charge is 2.13. The highest BCUT2D eigenvalue weighted by atomic mass is 16.5. The summed E-state index contributed by atoms with van der Waals surface area (Å²) in [6.45, 7) is 3.08. The van der Waals surface area contributed by atoms with Crippen LogP contribution < -0.4 is 0 Å². The molecule has 0 spiro atoms. The van der Waals surface area contributed by atoms with Gasteiger partial charge in [0.25, 0.3) is 0 Å². The summed E-state index contributed by atoms with van der Waals surface area (Å²) in [6, 6.07) is 0. The molecule has 1 rings (SSSR count). The summed E-state index contributed by atoms with van der Waals surface area (Å²) in [6.07, 6.45) is -0.161. The molecule has 6 heteroatoms. The van der Waals surface area contributed by atoms with Crippen LogP contribution in [0.5, 0.6) is 0 Å². The molecule has 1 N–H and O–H groups in total. The van der Waals surface area contributed by atoms with E-state index in [1.54, 1.807) is 7.11 Å². The average molecular weight is 215 g/mol. The first-order valence-corrected chi connectivity index (χ1v) is 4.82. The molecule has 0 radical (unpaired) electrons. The number of aliphatic hydroxyl groups excluding tert-OH is 1. The van der Waals surface area contributed by atoms with Crippen LogP contribution in [0.4, 0.5) is 0 Å². The fraction of sp³-hybridized carbons (Fsp3) is 0.778. The maximum absolute atomic E-state index is 8.72. The summed E-state index contributed by atoms with van der Waals surface area (Å²) in [5.74, 6) is 1.08. The van der Waals surface area contributed by atoms with Crippen LogP contribution in [0.25, 0.3) is 0 Å². The second-order valence-corrected chi connectivity index (χ2v) is 3.39. The summed E-state index contributed by atoms with van der Waals surface area (Å²) < 4.78 is 10.1. The van der Waals surface area contributed by atoms with E-state index in [0.29, 0.717) is 24.8 Å². The average Bonchev–Trinajstić information content (AvgIpc) is 2.65. The van der Waals surface area contributed by atoms with E-state index in [0.717, 1.165) is 0 Å². The molecule has 6 nitrogen and oxygen atoms in total. The Labute approximate surface area is 88.8 Å². The number of aliphatic hydroxyl groups is 1. The zero-order valence-electron chi connectivity index (χ0n) is 9.30. The van der Waals surface area contributed by atoms with Crippen molar-refractivity contribution in [3.05, 3.63) is 11.7 Å². The van der Waals surface area contributed by atoms with Gasteiger partial charge in [0.2, 0.25) is 5.89 Å². The van der Waals surface area contributed by atoms with Crippen molar-refractivity contribution in [1.29, 1.82) is 0 Å². The van der Waals surface area contributed by atoms with E-state index in [1.807, 2.05) is 18.9 Å². The molecule has 15 heavy (non-hydrogen) atoms. The predicted octanol–water partition coefficient (Wildman–Crippen LogP) is 0.201. The van der Waals surface area contributed by atoms with Crippen molar-refractivity contribution in [2.75, 3.05) is 27.3 Å². The first-order valence-electron chi connectivity index (χ1n) is 4.82. The number of hydrogen-bond acceptors (Lipinski definition) is 6. The molecule has 1 aromatic heterocycles. The maximum atomic E-state index is 8.72. The number of methoxy groups -OCH3 is 1. The van der Waals surface area contributed by atoms with Gasteiger partial charge < -0.3 is 14.4 Å². The van der Waals surface area contributed by atoms with Crippen molar-refractivity contribution in [3.8, 4) is 0 Å². The van der Waals surface area contributed by atoms with Gasteiger partial charge >= 0.3 is 0 Å². The fourth-order valence-corrected chi connectivity index (χ4v) is 1.08. The Morgan fingerprint density at radius 3 is 2.93 bits per heavy atom. The lowest BCUT2D eigenvalue weighted by molar-refractivity contribution is 0.109. The van der Waals surface area contributed by atoms with E-state index in [-0.39, 0.29) is 12.7 Å². The predicted molar refractivity (Wildman–Crippen MR) is 53.1 cm³/mol. The van der Waals surface area contributed by atoms with Gasteiger partial charge in [-0.25, -0.2) is 0 Å². The van der Waals surface area contributed by atoms with Gasteiger partial charge in [0, 0.05) is 13.7 Å². The second kappa shape index (κ2) is 5.79. The van der Waals surface area contributed by atoms with Gasteiger partial charge in [-0.3, -0.25) is 4.90 Å². The molecule has 86 valence electrons. The Hall–Kier alpha value is -0.980. The molecule has 0 fully saturated rings. The molecule has 0 aliphatic carbocycles. The van der Waals surface area contributed by atoms with Crippen molar-refractivity contribution in [2.45, 2.75) is 19.6 Å². The van der Waals surface area contributed by atoms with Gasteiger partial charge in [0.05, 0.1) is 13.2 Å². The van der Waals surface area contributed by atoms with Crippen LogP contribution in [0.1, 0.15) is 24.7 Å². The molecule has 0 saturated heterocycles. The number of nitrogens with zero attached hydrogens (tertiary/aromatic N) is 3. The van der Waals surface area contributed by atoms with Gasteiger partial charge in [-0.2, -0.15) is 4.98 Å². The lowest BCUT2D eigenvalue weighted by atomic mass is 10.4. The van der Waals surface area contributed by atoms with Gasteiger partial charge in [-0.1, -0.05) is 5.16 Å². The van der Waals surface area contributed by atoms with Gasteiger partial charge in [0.15, 0.2) is 5.82 Å². The first kappa shape index (κ1) is 12.1. The minimum absolute atomic E-state index is 0.117. The van der Waals surface area contributed by atoms with Crippen molar-refractivity contribution >= 4 is 0 Å². The van der Waals surface area contributed by atoms with Crippen LogP contribution in [-0.4, -0.2) is 47.5 Å². The molecule has 0 aromatic carbocycles. The Balaban J connectivity index is 2.52. The number of aromatic nitrogens is 2. The van der Waals surface area contributed by atoms with Crippen LogP contribution >= 0.6 is 0 Å². The van der Waals surface area contributed by atoms with Gasteiger partial charge in [0.1, 0.15) is 6.10 Å². The summed E-state index contributed by atoms with van der Waals surface area (Å²) in [5.41, 5.74) is 0. The molecule has 0 amide bonds. The minimum atomic E-state index is -0.161. The Bertz CT molecular complexity index is 290. The molecule has 0 aliphatic heterocycles. The lowest BCUT2D eigenvalue weighted by Gasteiger charge is -2.10. The molecular formula is C9H17N3O3. The van der Waals surface area contributed by atoms with Crippen molar-refractivity contribution in [1.82, 2.24) is 15.0 Å². The molecule has 1 atom stereocenters. The number of rotatable bonds is 6. The largest absolute Gasteiger partial charge is 0.395 e. The van der Waals surface area contributed by atoms with Crippen molar-refractivity contribution in [2.24, 2.45) is 0 Å². The van der Waals surface area contributed by atoms with E-state index in [1.165, 1.54) is 0 Å². The zero-order valence-corrected chi connectivity index (χ0v) is 9.30. The highest BCUT2D eigenvalue weighted by molar-refractivity contribution is 4.89. The molecule has 0 saturated carbocycles. The molecule has 1 unspecified atom stereocenters. The number of likely N-dealkylation sites (N-methyl/N-ethyl adjacent to an activating group) is 1. The quantitative estimate of drug-likeness (QED) is 0.731. The Kier molecular flexibility index (Phi) is 4.67.